The molecule has 61 heavy (non-hydrogen) atoms. The predicted octanol–water partition coefficient (Wildman–Crippen LogP) is 8.14. The van der Waals surface area contributed by atoms with Crippen LogP contribution < -0.4 is 0 Å². The van der Waals surface area contributed by atoms with Gasteiger partial charge in [0, 0.05) is 10.8 Å². The molecule has 6 fully saturated rings. The molecule has 12 nitrogen and oxygen atoms in total. The molecule has 6 aliphatic rings. The van der Waals surface area contributed by atoms with Gasteiger partial charge >= 0.3 is 41.8 Å². The average Bonchev–Trinajstić information content (AvgIpc) is 3.59. The van der Waals surface area contributed by atoms with Gasteiger partial charge < -0.3 is 39.0 Å². The highest BCUT2D eigenvalue weighted by molar-refractivity contribution is 5.78. The number of ether oxygens (including phenoxy) is 5. The van der Waals surface area contributed by atoms with Crippen LogP contribution in [0.25, 0.3) is 0 Å². The van der Waals surface area contributed by atoms with Gasteiger partial charge in [-0.3, -0.25) is 19.2 Å². The Labute approximate surface area is 357 Å². The summed E-state index contributed by atoms with van der Waals surface area (Å²) in [6.45, 7) is 23.0. The van der Waals surface area contributed by atoms with Crippen LogP contribution in [0.5, 0.6) is 0 Å². The number of aliphatic hydroxyl groups is 3. The van der Waals surface area contributed by atoms with Gasteiger partial charge in [0.15, 0.2) is 0 Å². The van der Waals surface area contributed by atoms with Crippen molar-refractivity contribution in [2.24, 2.45) is 33.0 Å². The Kier molecular flexibility index (Phi) is 14.5. The molecule has 5 unspecified atom stereocenters. The lowest BCUT2D eigenvalue weighted by atomic mass is 9.37. The second-order valence-electron chi connectivity index (χ2n) is 21.5. The summed E-state index contributed by atoms with van der Waals surface area (Å²) in [4.78, 5) is 47.1. The molecule has 4 aliphatic carbocycles. The van der Waals surface area contributed by atoms with E-state index in [2.05, 4.69) is 9.47 Å². The standard InChI is InChI=1S/C22H38O4.C12H17F5O4.C10H16O4/c1-8-17(2,3)16(23)26-22-11-15-9-20(13-22,18(4,5)24)12-21(10-15,14-22)19(6,7)25;1-5-8(2,3)7(18)21-9(4)6-20-11(19,10(9,13)14)12(15,16)17;1-4-10(2,3)9(12)14-7-5-8(11)13-6-7/h15,24-25H,8-14H2,1-7H3;19H,5-6H2,1-4H3;7H,4-6H2,1-3H3. The Morgan fingerprint density at radius 1 is 0.721 bits per heavy atom. The van der Waals surface area contributed by atoms with Gasteiger partial charge in [-0.1, -0.05) is 20.8 Å². The van der Waals surface area contributed by atoms with Crippen molar-refractivity contribution in [3.63, 3.8) is 0 Å². The quantitative estimate of drug-likeness (QED) is 0.103. The fraction of sp³-hybridized carbons (Fsp3) is 0.909. The molecule has 2 aliphatic heterocycles. The molecule has 0 radical (unpaired) electrons. The number of cyclic esters (lactones) is 1. The van der Waals surface area contributed by atoms with E-state index in [4.69, 9.17) is 14.2 Å². The van der Waals surface area contributed by atoms with Crippen molar-refractivity contribution in [1.29, 1.82) is 0 Å². The third-order valence-corrected chi connectivity index (χ3v) is 14.7. The normalized spacial score (nSPS) is 33.4. The topological polar surface area (TPSA) is 175 Å². The van der Waals surface area contributed by atoms with Gasteiger partial charge in [-0.15, -0.1) is 0 Å². The first-order chi connectivity index (χ1) is 27.2. The van der Waals surface area contributed by atoms with Crippen LogP contribution >= 0.6 is 0 Å². The zero-order chi connectivity index (χ0) is 47.5. The summed E-state index contributed by atoms with van der Waals surface area (Å²) in [5.74, 6) is -10.9. The molecule has 17 heteroatoms. The van der Waals surface area contributed by atoms with Crippen molar-refractivity contribution in [1.82, 2.24) is 0 Å². The van der Waals surface area contributed by atoms with E-state index >= 15 is 0 Å². The van der Waals surface area contributed by atoms with Crippen molar-refractivity contribution in [2.75, 3.05) is 13.2 Å². The number of rotatable bonds is 11. The molecular formula is C44H71F5O12. The smallest absolute Gasteiger partial charge is 0.449 e. The molecule has 0 aromatic carbocycles. The maximum Gasteiger partial charge on any atom is 0.449 e. The molecule has 0 aromatic heterocycles. The average molecular weight is 887 g/mol. The van der Waals surface area contributed by atoms with Gasteiger partial charge in [0.1, 0.15) is 18.3 Å². The number of carbonyl (C=O) groups is 4. The van der Waals surface area contributed by atoms with Crippen LogP contribution in [0.15, 0.2) is 0 Å². The Morgan fingerprint density at radius 2 is 1.15 bits per heavy atom. The van der Waals surface area contributed by atoms with E-state index in [9.17, 15) is 56.4 Å². The van der Waals surface area contributed by atoms with Crippen LogP contribution in [0.3, 0.4) is 0 Å². The number of hydrogen-bond acceptors (Lipinski definition) is 12. The largest absolute Gasteiger partial charge is 0.462 e. The molecule has 3 N–H and O–H groups in total. The molecule has 2 saturated heterocycles. The van der Waals surface area contributed by atoms with Gasteiger partial charge in [0.25, 0.3) is 0 Å². The number of esters is 4. The SMILES string of the molecule is CCC(C)(C)C(=O)OC1(C)COC(O)(C(F)(F)F)C1(F)F.CCC(C)(C)C(=O)OC12CC3CC(C(C)(C)O)(C1)CC(C(C)(C)O)(C3)C2.CCC(C)(C)C(=O)OC1COC(=O)C1. The molecule has 5 atom stereocenters. The summed E-state index contributed by atoms with van der Waals surface area (Å²) in [6, 6.07) is 0. The van der Waals surface area contributed by atoms with Gasteiger partial charge in [0.05, 0.1) is 40.5 Å². The Hall–Kier alpha value is -2.63. The molecule has 0 spiro atoms. The van der Waals surface area contributed by atoms with E-state index < -0.39 is 69.1 Å². The van der Waals surface area contributed by atoms with Gasteiger partial charge in [-0.05, 0) is 140 Å². The van der Waals surface area contributed by atoms with Crippen LogP contribution in [0.4, 0.5) is 22.0 Å². The number of hydrogen-bond donors (Lipinski definition) is 3. The monoisotopic (exact) mass is 886 g/mol. The summed E-state index contributed by atoms with van der Waals surface area (Å²) in [7, 11) is 0. The van der Waals surface area contributed by atoms with E-state index in [1.54, 1.807) is 6.92 Å². The van der Waals surface area contributed by atoms with E-state index in [0.29, 0.717) is 32.1 Å². The first-order valence-corrected chi connectivity index (χ1v) is 21.3. The number of alkyl halides is 5. The van der Waals surface area contributed by atoms with Crippen LogP contribution in [-0.2, 0) is 42.9 Å². The molecule has 0 amide bonds. The van der Waals surface area contributed by atoms with Crippen LogP contribution in [0.1, 0.15) is 161 Å². The first-order valence-electron chi connectivity index (χ1n) is 21.3. The van der Waals surface area contributed by atoms with Gasteiger partial charge in [0.2, 0.25) is 5.60 Å². The lowest BCUT2D eigenvalue weighted by molar-refractivity contribution is -0.409. The molecular weight excluding hydrogens is 815 g/mol. The zero-order valence-corrected chi connectivity index (χ0v) is 38.5. The second kappa shape index (κ2) is 16.7. The van der Waals surface area contributed by atoms with Crippen molar-refractivity contribution in [3.8, 4) is 0 Å². The minimum Gasteiger partial charge on any atom is -0.462 e. The minimum atomic E-state index is -5.74. The second-order valence-corrected chi connectivity index (χ2v) is 21.5. The fourth-order valence-corrected chi connectivity index (χ4v) is 8.95. The lowest BCUT2D eigenvalue weighted by Crippen LogP contribution is -2.70. The number of carbonyl (C=O) groups excluding carboxylic acids is 4. The molecule has 2 heterocycles. The van der Waals surface area contributed by atoms with Crippen molar-refractivity contribution < 1.29 is 80.1 Å². The summed E-state index contributed by atoms with van der Waals surface area (Å²) in [5, 5.41) is 31.4. The fourth-order valence-electron chi connectivity index (χ4n) is 8.95. The third-order valence-electron chi connectivity index (χ3n) is 14.7. The Balaban J connectivity index is 0.000000256. The van der Waals surface area contributed by atoms with Crippen LogP contribution in [0.2, 0.25) is 0 Å². The van der Waals surface area contributed by atoms with Crippen molar-refractivity contribution >= 4 is 23.9 Å². The molecule has 0 aromatic rings. The van der Waals surface area contributed by atoms with Gasteiger partial charge in [-0.25, -0.2) is 0 Å². The predicted molar refractivity (Wildman–Crippen MR) is 212 cm³/mol. The van der Waals surface area contributed by atoms with Crippen molar-refractivity contribution in [3.05, 3.63) is 0 Å². The maximum atomic E-state index is 14.0. The Morgan fingerprint density at radius 3 is 1.51 bits per heavy atom. The number of halogens is 5. The van der Waals surface area contributed by atoms with E-state index in [-0.39, 0.29) is 54.3 Å². The highest BCUT2D eigenvalue weighted by Crippen LogP contribution is 2.72. The molecule has 6 rings (SSSR count). The van der Waals surface area contributed by atoms with Gasteiger partial charge in [-0.2, -0.15) is 22.0 Å². The Bertz CT molecular complexity index is 1610. The van der Waals surface area contributed by atoms with E-state index in [1.165, 1.54) is 13.8 Å². The van der Waals surface area contributed by atoms with Crippen LogP contribution in [-0.4, -0.2) is 98.8 Å². The minimum absolute atomic E-state index is 0.140. The summed E-state index contributed by atoms with van der Waals surface area (Å²) >= 11 is 0. The summed E-state index contributed by atoms with van der Waals surface area (Å²) in [5.41, 5.74) is -7.94. The third kappa shape index (κ3) is 10.0. The van der Waals surface area contributed by atoms with E-state index in [0.717, 1.165) is 32.1 Å². The van der Waals surface area contributed by atoms with Crippen molar-refractivity contribution in [2.45, 2.75) is 208 Å². The highest BCUT2D eigenvalue weighted by Gasteiger charge is 2.83. The summed E-state index contributed by atoms with van der Waals surface area (Å²) in [6.07, 6.45) is 0.771. The molecule has 354 valence electrons. The maximum absolute atomic E-state index is 14.0. The summed E-state index contributed by atoms with van der Waals surface area (Å²) < 4.78 is 90.5. The molecule has 4 saturated carbocycles. The highest BCUT2D eigenvalue weighted by atomic mass is 19.4. The zero-order valence-electron chi connectivity index (χ0n) is 38.5. The lowest BCUT2D eigenvalue weighted by Gasteiger charge is -2.70. The molecule has 4 bridgehead atoms. The van der Waals surface area contributed by atoms with Crippen LogP contribution in [0, 0.1) is 33.0 Å². The first kappa shape index (κ1) is 52.7. The van der Waals surface area contributed by atoms with E-state index in [1.807, 2.05) is 69.2 Å².